The van der Waals surface area contributed by atoms with Gasteiger partial charge in [0.25, 0.3) is 0 Å². The van der Waals surface area contributed by atoms with Crippen molar-refractivity contribution in [2.45, 2.75) is 12.1 Å². The molecule has 2 N–H and O–H groups in total. The molecule has 0 bridgehead atoms. The summed E-state index contributed by atoms with van der Waals surface area (Å²) in [5, 5.41) is 10.5. The van der Waals surface area contributed by atoms with Crippen molar-refractivity contribution in [3.63, 3.8) is 0 Å². The number of amides is 1. The van der Waals surface area contributed by atoms with Crippen molar-refractivity contribution in [2.24, 2.45) is 0 Å². The highest BCUT2D eigenvalue weighted by Gasteiger charge is 2.39. The third-order valence-corrected chi connectivity index (χ3v) is 2.22. The molecular formula is C11H10F3NO3. The van der Waals surface area contributed by atoms with E-state index in [4.69, 9.17) is 5.11 Å². The number of rotatable bonds is 4. The molecule has 98 valence electrons. The van der Waals surface area contributed by atoms with Gasteiger partial charge in [-0.3, -0.25) is 9.59 Å². The van der Waals surface area contributed by atoms with E-state index >= 15 is 0 Å². The summed E-state index contributed by atoms with van der Waals surface area (Å²) in [6.45, 7) is -0.613. The Morgan fingerprint density at radius 2 is 1.78 bits per heavy atom. The second-order valence-electron chi connectivity index (χ2n) is 3.51. The number of carboxylic acid groups (broad SMARTS) is 1. The summed E-state index contributed by atoms with van der Waals surface area (Å²) in [5.41, 5.74) is 0.326. The molecule has 1 aromatic carbocycles. The normalized spacial score (nSPS) is 12.8. The summed E-state index contributed by atoms with van der Waals surface area (Å²) in [6, 6.07) is 7.72. The van der Waals surface area contributed by atoms with Crippen LogP contribution in [0.5, 0.6) is 0 Å². The Morgan fingerprint density at radius 1 is 1.22 bits per heavy atom. The number of carboxylic acids is 1. The number of aliphatic carboxylic acids is 1. The van der Waals surface area contributed by atoms with Crippen molar-refractivity contribution in [2.75, 3.05) is 6.54 Å². The number of benzene rings is 1. The Hall–Kier alpha value is -2.05. The lowest BCUT2D eigenvalue weighted by Gasteiger charge is -2.14. The van der Waals surface area contributed by atoms with Crippen LogP contribution in [-0.4, -0.2) is 29.7 Å². The lowest BCUT2D eigenvalue weighted by molar-refractivity contribution is -0.173. The lowest BCUT2D eigenvalue weighted by Crippen LogP contribution is -2.40. The molecule has 0 saturated heterocycles. The monoisotopic (exact) mass is 261 g/mol. The van der Waals surface area contributed by atoms with E-state index in [0.29, 0.717) is 5.56 Å². The molecule has 18 heavy (non-hydrogen) atoms. The first-order valence-electron chi connectivity index (χ1n) is 4.95. The van der Waals surface area contributed by atoms with Gasteiger partial charge in [0.15, 0.2) is 0 Å². The van der Waals surface area contributed by atoms with Crippen molar-refractivity contribution < 1.29 is 27.9 Å². The fourth-order valence-electron chi connectivity index (χ4n) is 1.33. The van der Waals surface area contributed by atoms with Crippen LogP contribution in [0.25, 0.3) is 0 Å². The van der Waals surface area contributed by atoms with E-state index in [-0.39, 0.29) is 0 Å². The van der Waals surface area contributed by atoms with Crippen LogP contribution in [0.1, 0.15) is 11.5 Å². The van der Waals surface area contributed by atoms with Crippen LogP contribution in [0.15, 0.2) is 30.3 Å². The van der Waals surface area contributed by atoms with Gasteiger partial charge in [0.1, 0.15) is 0 Å². The predicted octanol–water partition coefficient (Wildman–Crippen LogP) is 1.53. The zero-order valence-electron chi connectivity index (χ0n) is 9.07. The van der Waals surface area contributed by atoms with E-state index in [2.05, 4.69) is 0 Å². The second kappa shape index (κ2) is 5.52. The maximum absolute atomic E-state index is 11.9. The molecule has 1 atom stereocenters. The Kier molecular flexibility index (Phi) is 4.30. The highest BCUT2D eigenvalue weighted by molar-refractivity contribution is 5.83. The van der Waals surface area contributed by atoms with Gasteiger partial charge in [-0.1, -0.05) is 30.3 Å². The molecule has 4 nitrogen and oxygen atoms in total. The van der Waals surface area contributed by atoms with Gasteiger partial charge in [0.2, 0.25) is 0 Å². The summed E-state index contributed by atoms with van der Waals surface area (Å²) in [5.74, 6) is -4.66. The fourth-order valence-corrected chi connectivity index (χ4v) is 1.33. The third-order valence-electron chi connectivity index (χ3n) is 2.22. The van der Waals surface area contributed by atoms with Gasteiger partial charge in [0, 0.05) is 6.54 Å². The van der Waals surface area contributed by atoms with E-state index in [9.17, 15) is 22.8 Å². The van der Waals surface area contributed by atoms with Crippen LogP contribution >= 0.6 is 0 Å². The first kappa shape index (κ1) is 14.0. The minimum atomic E-state index is -5.01. The van der Waals surface area contributed by atoms with E-state index in [1.165, 1.54) is 12.1 Å². The lowest BCUT2D eigenvalue weighted by atomic mass is 9.99. The summed E-state index contributed by atoms with van der Waals surface area (Å²) in [7, 11) is 0. The molecule has 0 aliphatic carbocycles. The molecule has 0 fully saturated rings. The summed E-state index contributed by atoms with van der Waals surface area (Å²) < 4.78 is 35.8. The van der Waals surface area contributed by atoms with Gasteiger partial charge in [0.05, 0.1) is 5.92 Å². The Morgan fingerprint density at radius 3 is 2.22 bits per heavy atom. The van der Waals surface area contributed by atoms with Crippen molar-refractivity contribution in [1.29, 1.82) is 0 Å². The van der Waals surface area contributed by atoms with Gasteiger partial charge in [-0.05, 0) is 5.56 Å². The SMILES string of the molecule is O=C(O)C(CNC(=O)C(F)(F)F)c1ccccc1. The number of halogens is 3. The van der Waals surface area contributed by atoms with Crippen molar-refractivity contribution in [3.8, 4) is 0 Å². The van der Waals surface area contributed by atoms with Gasteiger partial charge < -0.3 is 10.4 Å². The van der Waals surface area contributed by atoms with Crippen LogP contribution < -0.4 is 5.32 Å². The number of alkyl halides is 3. The fraction of sp³-hybridized carbons (Fsp3) is 0.273. The average Bonchev–Trinajstić information content (AvgIpc) is 2.28. The molecule has 1 rings (SSSR count). The largest absolute Gasteiger partial charge is 0.481 e. The van der Waals surface area contributed by atoms with Crippen molar-refractivity contribution in [3.05, 3.63) is 35.9 Å². The number of carbonyl (C=O) groups excluding carboxylic acids is 1. The average molecular weight is 261 g/mol. The third kappa shape index (κ3) is 3.76. The molecule has 1 aromatic rings. The van der Waals surface area contributed by atoms with Crippen LogP contribution in [-0.2, 0) is 9.59 Å². The number of hydrogen-bond acceptors (Lipinski definition) is 2. The molecule has 0 radical (unpaired) electrons. The number of hydrogen-bond donors (Lipinski definition) is 2. The van der Waals surface area contributed by atoms with E-state index in [1.54, 1.807) is 23.5 Å². The van der Waals surface area contributed by atoms with Crippen molar-refractivity contribution >= 4 is 11.9 Å². The molecule has 0 aliphatic heterocycles. The molecule has 0 aliphatic rings. The summed E-state index contributed by atoms with van der Waals surface area (Å²) in [4.78, 5) is 21.5. The molecular weight excluding hydrogens is 251 g/mol. The van der Waals surface area contributed by atoms with Gasteiger partial charge >= 0.3 is 18.1 Å². The second-order valence-corrected chi connectivity index (χ2v) is 3.51. The predicted molar refractivity (Wildman–Crippen MR) is 55.9 cm³/mol. The smallest absolute Gasteiger partial charge is 0.471 e. The quantitative estimate of drug-likeness (QED) is 0.863. The maximum atomic E-state index is 11.9. The molecule has 0 saturated carbocycles. The van der Waals surface area contributed by atoms with E-state index in [1.807, 2.05) is 0 Å². The zero-order valence-corrected chi connectivity index (χ0v) is 9.07. The van der Waals surface area contributed by atoms with Crippen LogP contribution in [0.2, 0.25) is 0 Å². The topological polar surface area (TPSA) is 66.4 Å². The van der Waals surface area contributed by atoms with Crippen LogP contribution in [0, 0.1) is 0 Å². The maximum Gasteiger partial charge on any atom is 0.471 e. The number of carbonyl (C=O) groups is 2. The minimum absolute atomic E-state index is 0.326. The Balaban J connectivity index is 2.72. The Labute approximate surface area is 100 Å². The number of nitrogens with one attached hydrogen (secondary N) is 1. The zero-order chi connectivity index (χ0) is 13.8. The first-order valence-corrected chi connectivity index (χ1v) is 4.95. The molecule has 0 heterocycles. The van der Waals surface area contributed by atoms with Crippen LogP contribution in [0.3, 0.4) is 0 Å². The molecule has 0 spiro atoms. The molecule has 0 aromatic heterocycles. The molecule has 1 unspecified atom stereocenters. The van der Waals surface area contributed by atoms with Gasteiger partial charge in [-0.2, -0.15) is 13.2 Å². The Bertz CT molecular complexity index is 431. The highest BCUT2D eigenvalue weighted by Crippen LogP contribution is 2.17. The molecule has 7 heteroatoms. The minimum Gasteiger partial charge on any atom is -0.481 e. The van der Waals surface area contributed by atoms with E-state index < -0.39 is 30.5 Å². The van der Waals surface area contributed by atoms with Gasteiger partial charge in [-0.15, -0.1) is 0 Å². The molecule has 1 amide bonds. The van der Waals surface area contributed by atoms with E-state index in [0.717, 1.165) is 0 Å². The highest BCUT2D eigenvalue weighted by atomic mass is 19.4. The van der Waals surface area contributed by atoms with Crippen LogP contribution in [0.4, 0.5) is 13.2 Å². The standard InChI is InChI=1S/C11H10F3NO3/c12-11(13,14)10(18)15-6-8(9(16)17)7-4-2-1-3-5-7/h1-5,8H,6H2,(H,15,18)(H,16,17). The summed E-state index contributed by atoms with van der Waals surface area (Å²) >= 11 is 0. The van der Waals surface area contributed by atoms with Crippen molar-refractivity contribution in [1.82, 2.24) is 5.32 Å². The van der Waals surface area contributed by atoms with Gasteiger partial charge in [-0.25, -0.2) is 0 Å². The summed E-state index contributed by atoms with van der Waals surface area (Å²) in [6.07, 6.45) is -5.01. The first-order chi connectivity index (χ1) is 8.32.